The van der Waals surface area contributed by atoms with Crippen molar-refractivity contribution in [3.8, 4) is 17.0 Å². The number of aryl methyl sites for hydroxylation is 1. The van der Waals surface area contributed by atoms with Crippen LogP contribution >= 0.6 is 0 Å². The van der Waals surface area contributed by atoms with Crippen LogP contribution in [0, 0.1) is 0 Å². The lowest BCUT2D eigenvalue weighted by atomic mass is 9.81. The Morgan fingerprint density at radius 2 is 1.70 bits per heavy atom. The molecule has 3 amide bonds. The van der Waals surface area contributed by atoms with Gasteiger partial charge in [-0.3, -0.25) is 38.7 Å². The number of hydrogen-bond donors (Lipinski definition) is 2. The number of nitrogens with two attached hydrogens (primary N) is 1. The molecule has 2 saturated heterocycles. The van der Waals surface area contributed by atoms with Crippen LogP contribution in [0.25, 0.3) is 27.9 Å². The standard InChI is InChI=1S/C55H59FN12O5/c1-61(31-33-7-14-38(73-3)15-8-33)48-30-50(60-68-49(52(57)70)32-66(54(48)68)46-29-41(46)56)65-22-20-40-39(5-4-6-43(40)65)42-28-37(19-21-58-42)64-25-23-63(24-26-64)36-12-9-34(10-13-36)35-11-16-44-47(27-35)62(2)55(72)67(44)45-17-18-51(69)59-53(45)71/h4-8,11,14-16,19,21,27-28,30,32,34,36,41,45-46H,9-10,12-13,17-18,20,22-26,29,31H2,1-3H3,(H2-,57,59,69,70,71)/p+1/t34?,36?,41-,45?,46+/m0/s1. The van der Waals surface area contributed by atoms with Gasteiger partial charge in [0, 0.05) is 101 Å². The average molecular weight is 988 g/mol. The topological polar surface area (TPSA) is 172 Å². The quantitative estimate of drug-likeness (QED) is 0.111. The van der Waals surface area contributed by atoms with Crippen LogP contribution in [0.1, 0.15) is 90.1 Å². The Hall–Kier alpha value is -7.60. The number of nitrogens with one attached hydrogen (secondary N) is 1. The molecule has 0 bridgehead atoms. The van der Waals surface area contributed by atoms with Gasteiger partial charge in [-0.05, 0) is 104 Å². The number of carbonyl (C=O) groups is 3. The second-order valence-electron chi connectivity index (χ2n) is 20.5. The molecule has 2 aliphatic carbocycles. The van der Waals surface area contributed by atoms with E-state index >= 15 is 0 Å². The molecule has 5 aliphatic rings. The highest BCUT2D eigenvalue weighted by atomic mass is 19.1. The van der Waals surface area contributed by atoms with Crippen molar-refractivity contribution in [3.63, 3.8) is 0 Å². The number of primary amides is 1. The number of anilines is 4. The zero-order valence-electron chi connectivity index (χ0n) is 41.4. The molecule has 3 aliphatic heterocycles. The van der Waals surface area contributed by atoms with Crippen LogP contribution in [0.3, 0.4) is 0 Å². The first-order valence-corrected chi connectivity index (χ1v) is 25.6. The highest BCUT2D eigenvalue weighted by Crippen LogP contribution is 2.43. The number of amides is 3. The summed E-state index contributed by atoms with van der Waals surface area (Å²) in [6.07, 6.45) is 8.57. The van der Waals surface area contributed by atoms with E-state index in [0.29, 0.717) is 49.4 Å². The summed E-state index contributed by atoms with van der Waals surface area (Å²) in [7, 11) is 5.40. The van der Waals surface area contributed by atoms with E-state index in [1.54, 1.807) is 34.0 Å². The smallest absolute Gasteiger partial charge is 0.332 e. The van der Waals surface area contributed by atoms with Gasteiger partial charge < -0.3 is 25.2 Å². The largest absolute Gasteiger partial charge is 0.497 e. The second kappa shape index (κ2) is 18.5. The molecular formula is C55H60FN12O5+. The molecule has 0 spiro atoms. The predicted molar refractivity (Wildman–Crippen MR) is 275 cm³/mol. The monoisotopic (exact) mass is 987 g/mol. The van der Waals surface area contributed by atoms with Crippen molar-refractivity contribution < 1.29 is 28.1 Å². The van der Waals surface area contributed by atoms with E-state index in [4.69, 9.17) is 20.6 Å². The summed E-state index contributed by atoms with van der Waals surface area (Å²) < 4.78 is 26.8. The number of imide groups is 1. The summed E-state index contributed by atoms with van der Waals surface area (Å²) in [5.41, 5.74) is 16.5. The Morgan fingerprint density at radius 3 is 2.42 bits per heavy atom. The third-order valence-corrected chi connectivity index (χ3v) is 16.2. The lowest BCUT2D eigenvalue weighted by Crippen LogP contribution is -2.51. The minimum absolute atomic E-state index is 0.195. The van der Waals surface area contributed by atoms with E-state index in [1.165, 1.54) is 11.1 Å². The van der Waals surface area contributed by atoms with Crippen LogP contribution in [0.4, 0.5) is 27.3 Å². The molecule has 17 nitrogen and oxygen atoms in total. The molecule has 73 heavy (non-hydrogen) atoms. The number of alkyl halides is 1. The molecule has 7 heterocycles. The van der Waals surface area contributed by atoms with Crippen molar-refractivity contribution in [1.82, 2.24) is 33.9 Å². The van der Waals surface area contributed by atoms with Crippen LogP contribution in [0.5, 0.6) is 5.75 Å². The van der Waals surface area contributed by atoms with E-state index in [1.807, 2.05) is 54.2 Å². The van der Waals surface area contributed by atoms with Crippen molar-refractivity contribution in [2.75, 3.05) is 61.6 Å². The first-order chi connectivity index (χ1) is 35.4. The van der Waals surface area contributed by atoms with Crippen LogP contribution in [-0.2, 0) is 29.6 Å². The van der Waals surface area contributed by atoms with Gasteiger partial charge in [-0.15, -0.1) is 0 Å². The molecule has 3 atom stereocenters. The minimum atomic E-state index is -1.01. The van der Waals surface area contributed by atoms with Crippen molar-refractivity contribution in [2.24, 2.45) is 12.8 Å². The molecule has 0 radical (unpaired) electrons. The fraction of sp³-hybridized carbons (Fsp3) is 0.400. The second-order valence-corrected chi connectivity index (χ2v) is 20.5. The van der Waals surface area contributed by atoms with Gasteiger partial charge in [0.05, 0.1) is 23.8 Å². The zero-order chi connectivity index (χ0) is 50.2. The van der Waals surface area contributed by atoms with Gasteiger partial charge in [-0.1, -0.05) is 39.9 Å². The fourth-order valence-electron chi connectivity index (χ4n) is 12.2. The maximum atomic E-state index is 14.8. The van der Waals surface area contributed by atoms with Gasteiger partial charge in [0.1, 0.15) is 35.9 Å². The van der Waals surface area contributed by atoms with E-state index in [2.05, 4.69) is 67.4 Å². The van der Waals surface area contributed by atoms with Gasteiger partial charge in [-0.2, -0.15) is 0 Å². The summed E-state index contributed by atoms with van der Waals surface area (Å²) >= 11 is 0. The van der Waals surface area contributed by atoms with Crippen molar-refractivity contribution in [1.29, 1.82) is 0 Å². The van der Waals surface area contributed by atoms with E-state index in [9.17, 15) is 23.6 Å². The van der Waals surface area contributed by atoms with Crippen LogP contribution < -0.4 is 40.7 Å². The summed E-state index contributed by atoms with van der Waals surface area (Å²) in [6.45, 7) is 5.00. The number of halogens is 1. The molecule has 376 valence electrons. The Labute approximate surface area is 421 Å². The van der Waals surface area contributed by atoms with Gasteiger partial charge >= 0.3 is 11.3 Å². The molecular weight excluding hydrogens is 928 g/mol. The van der Waals surface area contributed by atoms with Crippen LogP contribution in [-0.4, -0.2) is 105 Å². The zero-order valence-corrected chi connectivity index (χ0v) is 41.4. The Kier molecular flexibility index (Phi) is 11.8. The lowest BCUT2D eigenvalue weighted by molar-refractivity contribution is -0.676. The van der Waals surface area contributed by atoms with Crippen molar-refractivity contribution in [3.05, 3.63) is 124 Å². The maximum absolute atomic E-state index is 14.8. The van der Waals surface area contributed by atoms with E-state index < -0.39 is 30.1 Å². The van der Waals surface area contributed by atoms with Crippen LogP contribution in [0.15, 0.2) is 96.1 Å². The van der Waals surface area contributed by atoms with Crippen molar-refractivity contribution in [2.45, 2.75) is 88.1 Å². The van der Waals surface area contributed by atoms with Crippen molar-refractivity contribution >= 4 is 57.3 Å². The molecule has 1 unspecified atom stereocenters. The number of pyridine rings is 1. The number of piperidine rings is 1. The highest BCUT2D eigenvalue weighted by Gasteiger charge is 2.47. The number of ether oxygens (including phenoxy) is 1. The third kappa shape index (κ3) is 8.34. The predicted octanol–water partition coefficient (Wildman–Crippen LogP) is 5.88. The molecule has 4 fully saturated rings. The molecule has 18 heteroatoms. The Bertz CT molecular complexity index is 3390. The fourth-order valence-corrected chi connectivity index (χ4v) is 12.2. The minimum Gasteiger partial charge on any atom is -0.497 e. The summed E-state index contributed by atoms with van der Waals surface area (Å²) in [5.74, 6) is 0.464. The molecule has 3 aromatic carbocycles. The van der Waals surface area contributed by atoms with Gasteiger partial charge in [0.25, 0.3) is 11.6 Å². The lowest BCUT2D eigenvalue weighted by Gasteiger charge is -2.42. The third-order valence-electron chi connectivity index (χ3n) is 16.2. The first kappa shape index (κ1) is 46.5. The van der Waals surface area contributed by atoms with Crippen LogP contribution in [0.2, 0.25) is 0 Å². The number of piperazine rings is 1. The Balaban J connectivity index is 0.737. The molecule has 4 aromatic heterocycles. The van der Waals surface area contributed by atoms with Gasteiger partial charge in [-0.25, -0.2) is 13.8 Å². The number of carbonyl (C=O) groups excluding carboxylic acids is 3. The summed E-state index contributed by atoms with van der Waals surface area (Å²) in [6, 6.07) is 26.3. The number of nitrogens with zero attached hydrogens (tertiary/aromatic N) is 10. The number of imidazole rings is 2. The number of fused-ring (bicyclic) bond motifs is 3. The Morgan fingerprint density at radius 1 is 0.918 bits per heavy atom. The SMILES string of the molecule is COc1ccc(CN(C)c2cc(N3CCc4c(-c5cc(N6CCN(C7CCC(c8ccc9c(c8)n(C)c(=O)n9C8CCC(=O)NC8=O)CC7)CC6)ccn5)cccc43)nn3c(C(N)=O)c[n+]([C@@H]4C[C@@H]4F)c23)cc1. The van der Waals surface area contributed by atoms with Gasteiger partial charge in [0.2, 0.25) is 11.8 Å². The number of rotatable bonds is 12. The highest BCUT2D eigenvalue weighted by molar-refractivity contribution is 6.00. The van der Waals surface area contributed by atoms with E-state index in [0.717, 1.165) is 109 Å². The molecule has 7 aromatic rings. The molecule has 2 saturated carbocycles. The first-order valence-electron chi connectivity index (χ1n) is 25.6. The van der Waals surface area contributed by atoms with E-state index in [-0.39, 0.29) is 23.7 Å². The number of aromatic nitrogens is 6. The molecule has 12 rings (SSSR count). The average Bonchev–Trinajstić information content (AvgIpc) is 3.68. The normalized spacial score (nSPS) is 22.2. The summed E-state index contributed by atoms with van der Waals surface area (Å²) in [5, 5.41) is 7.47. The number of methoxy groups -OCH3 is 1. The number of hydrogen-bond acceptors (Lipinski definition) is 11. The maximum Gasteiger partial charge on any atom is 0.332 e. The molecule has 3 N–H and O–H groups in total. The summed E-state index contributed by atoms with van der Waals surface area (Å²) in [4.78, 5) is 65.2. The van der Waals surface area contributed by atoms with Gasteiger partial charge in [0.15, 0.2) is 5.82 Å². The number of benzene rings is 3.